The fourth-order valence-electron chi connectivity index (χ4n) is 2.52. The van der Waals surface area contributed by atoms with Gasteiger partial charge in [-0.25, -0.2) is 4.39 Å². The Balaban J connectivity index is 1.69. The maximum absolute atomic E-state index is 13.3. The first-order chi connectivity index (χ1) is 11.2. The van der Waals surface area contributed by atoms with Crippen LogP contribution in [0.2, 0.25) is 0 Å². The minimum atomic E-state index is -0.404. The summed E-state index contributed by atoms with van der Waals surface area (Å²) in [5.41, 5.74) is 2.08. The van der Waals surface area contributed by atoms with Crippen molar-refractivity contribution in [3.05, 3.63) is 71.7 Å². The highest BCUT2D eigenvalue weighted by Gasteiger charge is 2.15. The van der Waals surface area contributed by atoms with Crippen molar-refractivity contribution in [3.63, 3.8) is 0 Å². The highest BCUT2D eigenvalue weighted by atomic mass is 19.1. The largest absolute Gasteiger partial charge is 0.375 e. The number of halogens is 1. The first-order valence-electron chi connectivity index (χ1n) is 7.31. The van der Waals surface area contributed by atoms with E-state index in [9.17, 15) is 9.18 Å². The van der Waals surface area contributed by atoms with Crippen LogP contribution in [-0.2, 0) is 4.74 Å². The number of fused-ring (bicyclic) bond motifs is 1. The lowest BCUT2D eigenvalue weighted by atomic mass is 10.1. The molecule has 0 aliphatic rings. The maximum atomic E-state index is 13.3. The van der Waals surface area contributed by atoms with Crippen molar-refractivity contribution in [2.24, 2.45) is 0 Å². The van der Waals surface area contributed by atoms with Crippen LogP contribution in [0.15, 0.2) is 54.6 Å². The normalized spacial score (nSPS) is 12.3. The number of H-pyrrole nitrogens is 1. The molecule has 1 heterocycles. The Hall–Kier alpha value is -2.66. The predicted molar refractivity (Wildman–Crippen MR) is 86.8 cm³/mol. The SMILES string of the molecule is COC(CNC(=O)c1cc2ccccc2[nH]1)c1cccc(F)c1. The number of amides is 1. The van der Waals surface area contributed by atoms with Gasteiger partial charge >= 0.3 is 0 Å². The van der Waals surface area contributed by atoms with E-state index in [4.69, 9.17) is 4.74 Å². The number of hydrogen-bond donors (Lipinski definition) is 2. The molecule has 2 N–H and O–H groups in total. The minimum absolute atomic E-state index is 0.223. The highest BCUT2D eigenvalue weighted by molar-refractivity contribution is 5.97. The van der Waals surface area contributed by atoms with Crippen molar-refractivity contribution < 1.29 is 13.9 Å². The van der Waals surface area contributed by atoms with Gasteiger partial charge in [0.15, 0.2) is 0 Å². The zero-order valence-corrected chi connectivity index (χ0v) is 12.7. The summed E-state index contributed by atoms with van der Waals surface area (Å²) >= 11 is 0. The molecule has 5 heteroatoms. The van der Waals surface area contributed by atoms with Crippen LogP contribution in [0.25, 0.3) is 10.9 Å². The van der Waals surface area contributed by atoms with Crippen molar-refractivity contribution in [1.82, 2.24) is 10.3 Å². The van der Waals surface area contributed by atoms with E-state index in [1.807, 2.05) is 24.3 Å². The zero-order valence-electron chi connectivity index (χ0n) is 12.7. The van der Waals surface area contributed by atoms with Crippen LogP contribution in [-0.4, -0.2) is 24.5 Å². The number of carbonyl (C=O) groups excluding carboxylic acids is 1. The molecule has 1 unspecified atom stereocenters. The van der Waals surface area contributed by atoms with Crippen molar-refractivity contribution >= 4 is 16.8 Å². The third-order valence-corrected chi connectivity index (χ3v) is 3.73. The molecule has 0 bridgehead atoms. The van der Waals surface area contributed by atoms with E-state index < -0.39 is 6.10 Å². The standard InChI is InChI=1S/C18H17FN2O2/c1-23-17(13-6-4-7-14(19)9-13)11-20-18(22)16-10-12-5-2-3-8-15(12)21-16/h2-10,17,21H,11H2,1H3,(H,20,22). The molecule has 0 saturated carbocycles. The van der Waals surface area contributed by atoms with Gasteiger partial charge in [0.25, 0.3) is 5.91 Å². The number of aromatic nitrogens is 1. The van der Waals surface area contributed by atoms with Gasteiger partial charge in [0.05, 0.1) is 6.10 Å². The Morgan fingerprint density at radius 3 is 2.78 bits per heavy atom. The summed E-state index contributed by atoms with van der Waals surface area (Å²) < 4.78 is 18.6. The third kappa shape index (κ3) is 3.40. The molecule has 1 aromatic heterocycles. The zero-order chi connectivity index (χ0) is 16.2. The van der Waals surface area contributed by atoms with Gasteiger partial charge in [-0.05, 0) is 29.8 Å². The second-order valence-corrected chi connectivity index (χ2v) is 5.26. The Morgan fingerprint density at radius 1 is 1.22 bits per heavy atom. The molecule has 1 atom stereocenters. The number of carbonyl (C=O) groups is 1. The predicted octanol–water partition coefficient (Wildman–Crippen LogP) is 3.42. The van der Waals surface area contributed by atoms with Gasteiger partial charge in [-0.15, -0.1) is 0 Å². The fraction of sp³-hybridized carbons (Fsp3) is 0.167. The number of rotatable bonds is 5. The molecular formula is C18H17FN2O2. The summed E-state index contributed by atoms with van der Waals surface area (Å²) in [6.07, 6.45) is -0.404. The van der Waals surface area contributed by atoms with Crippen molar-refractivity contribution in [3.8, 4) is 0 Å². The molecule has 0 spiro atoms. The first-order valence-corrected chi connectivity index (χ1v) is 7.31. The number of para-hydroxylation sites is 1. The van der Waals surface area contributed by atoms with Crippen molar-refractivity contribution in [2.45, 2.75) is 6.10 Å². The Bertz CT molecular complexity index is 796. The number of benzene rings is 2. The maximum Gasteiger partial charge on any atom is 0.267 e. The van der Waals surface area contributed by atoms with Gasteiger partial charge in [0, 0.05) is 24.6 Å². The molecule has 3 aromatic rings. The van der Waals surface area contributed by atoms with Gasteiger partial charge in [-0.3, -0.25) is 4.79 Å². The number of aromatic amines is 1. The van der Waals surface area contributed by atoms with E-state index in [1.165, 1.54) is 19.2 Å². The van der Waals surface area contributed by atoms with E-state index in [-0.39, 0.29) is 18.3 Å². The lowest BCUT2D eigenvalue weighted by Gasteiger charge is -2.16. The molecule has 118 valence electrons. The van der Waals surface area contributed by atoms with Gasteiger partial charge in [-0.1, -0.05) is 30.3 Å². The average Bonchev–Trinajstić information content (AvgIpc) is 2.99. The van der Waals surface area contributed by atoms with Gasteiger partial charge in [0.1, 0.15) is 11.5 Å². The van der Waals surface area contributed by atoms with Crippen molar-refractivity contribution in [2.75, 3.05) is 13.7 Å². The number of nitrogens with one attached hydrogen (secondary N) is 2. The molecule has 23 heavy (non-hydrogen) atoms. The molecule has 2 aromatic carbocycles. The summed E-state index contributed by atoms with van der Waals surface area (Å²) in [5.74, 6) is -0.550. The Morgan fingerprint density at radius 2 is 2.04 bits per heavy atom. The monoisotopic (exact) mass is 312 g/mol. The molecule has 0 aliphatic carbocycles. The number of methoxy groups -OCH3 is 1. The second kappa shape index (κ2) is 6.62. The van der Waals surface area contributed by atoms with Gasteiger partial charge in [-0.2, -0.15) is 0 Å². The number of hydrogen-bond acceptors (Lipinski definition) is 2. The second-order valence-electron chi connectivity index (χ2n) is 5.26. The average molecular weight is 312 g/mol. The molecule has 0 radical (unpaired) electrons. The quantitative estimate of drug-likeness (QED) is 0.758. The van der Waals surface area contributed by atoms with E-state index in [0.717, 1.165) is 10.9 Å². The summed E-state index contributed by atoms with van der Waals surface area (Å²) in [5, 5.41) is 3.79. The molecule has 0 aliphatic heterocycles. The summed E-state index contributed by atoms with van der Waals surface area (Å²) in [4.78, 5) is 15.3. The van der Waals surface area contributed by atoms with Crippen LogP contribution in [0, 0.1) is 5.82 Å². The third-order valence-electron chi connectivity index (χ3n) is 3.73. The van der Waals surface area contributed by atoms with Crippen LogP contribution in [0.5, 0.6) is 0 Å². The van der Waals surface area contributed by atoms with Gasteiger partial charge in [0.2, 0.25) is 0 Å². The highest BCUT2D eigenvalue weighted by Crippen LogP contribution is 2.18. The minimum Gasteiger partial charge on any atom is -0.375 e. The topological polar surface area (TPSA) is 54.1 Å². The van der Waals surface area contributed by atoms with Crippen LogP contribution in [0.3, 0.4) is 0 Å². The Labute approximate surface area is 133 Å². The Kier molecular flexibility index (Phi) is 4.39. The van der Waals surface area contributed by atoms with E-state index in [2.05, 4.69) is 10.3 Å². The molecule has 3 rings (SSSR count). The van der Waals surface area contributed by atoms with Crippen LogP contribution >= 0.6 is 0 Å². The fourth-order valence-corrected chi connectivity index (χ4v) is 2.52. The molecule has 0 saturated heterocycles. The molecule has 4 nitrogen and oxygen atoms in total. The summed E-state index contributed by atoms with van der Waals surface area (Å²) in [6.45, 7) is 0.258. The van der Waals surface area contributed by atoms with Crippen LogP contribution < -0.4 is 5.32 Å². The lowest BCUT2D eigenvalue weighted by Crippen LogP contribution is -2.29. The molecule has 0 fully saturated rings. The van der Waals surface area contributed by atoms with Crippen LogP contribution in [0.4, 0.5) is 4.39 Å². The van der Waals surface area contributed by atoms with E-state index in [1.54, 1.807) is 18.2 Å². The van der Waals surface area contributed by atoms with Gasteiger partial charge < -0.3 is 15.0 Å². The lowest BCUT2D eigenvalue weighted by molar-refractivity contribution is 0.0824. The van der Waals surface area contributed by atoms with Crippen LogP contribution in [0.1, 0.15) is 22.2 Å². The van der Waals surface area contributed by atoms with Crippen molar-refractivity contribution in [1.29, 1.82) is 0 Å². The van der Waals surface area contributed by atoms with E-state index >= 15 is 0 Å². The molecule has 1 amide bonds. The number of ether oxygens (including phenoxy) is 1. The smallest absolute Gasteiger partial charge is 0.267 e. The molecular weight excluding hydrogens is 295 g/mol. The van der Waals surface area contributed by atoms with E-state index in [0.29, 0.717) is 11.3 Å². The summed E-state index contributed by atoms with van der Waals surface area (Å²) in [6, 6.07) is 15.7. The first kappa shape index (κ1) is 15.2. The summed E-state index contributed by atoms with van der Waals surface area (Å²) in [7, 11) is 1.53.